The fraction of sp³-hybridized carbons (Fsp3) is 0.273. The van der Waals surface area contributed by atoms with Gasteiger partial charge in [-0.25, -0.2) is 15.0 Å². The number of hydrogen-bond acceptors (Lipinski definition) is 5. The van der Waals surface area contributed by atoms with E-state index in [1.54, 1.807) is 29.1 Å². The number of rotatable bonds is 7. The first-order valence-electron chi connectivity index (χ1n) is 9.86. The number of fused-ring (bicyclic) bond motifs is 1. The van der Waals surface area contributed by atoms with E-state index in [1.165, 1.54) is 7.11 Å². The van der Waals surface area contributed by atoms with Crippen molar-refractivity contribution in [1.82, 2.24) is 23.9 Å². The van der Waals surface area contributed by atoms with Crippen LogP contribution in [0.2, 0.25) is 5.02 Å². The Morgan fingerprint density at radius 3 is 2.47 bits per heavy atom. The van der Waals surface area contributed by atoms with Gasteiger partial charge in [-0.1, -0.05) is 43.5 Å². The van der Waals surface area contributed by atoms with Gasteiger partial charge < -0.3 is 9.30 Å². The summed E-state index contributed by atoms with van der Waals surface area (Å²) in [5.41, 5.74) is 2.94. The number of halogens is 1. The van der Waals surface area contributed by atoms with Crippen molar-refractivity contribution in [3.05, 3.63) is 64.3 Å². The summed E-state index contributed by atoms with van der Waals surface area (Å²) in [5.74, 6) is 0.592. The Bertz CT molecular complexity index is 1210. The first-order valence-corrected chi connectivity index (χ1v) is 10.2. The third-order valence-corrected chi connectivity index (χ3v) is 5.20. The van der Waals surface area contributed by atoms with Crippen LogP contribution in [0.15, 0.2) is 53.7 Å². The highest BCUT2D eigenvalue weighted by Crippen LogP contribution is 2.24. The quantitative estimate of drug-likeness (QED) is 0.410. The molecule has 0 radical (unpaired) electrons. The van der Waals surface area contributed by atoms with Gasteiger partial charge in [0.05, 0.1) is 18.5 Å². The number of aromatic nitrogens is 5. The molecule has 0 amide bonds. The maximum atomic E-state index is 12.9. The first kappa shape index (κ1) is 20.1. The van der Waals surface area contributed by atoms with Gasteiger partial charge in [0, 0.05) is 47.4 Å². The Balaban J connectivity index is 1.88. The summed E-state index contributed by atoms with van der Waals surface area (Å²) in [6, 6.07) is 9.31. The number of methoxy groups -OCH3 is 1. The van der Waals surface area contributed by atoms with Crippen molar-refractivity contribution in [2.24, 2.45) is 0 Å². The molecule has 1 aromatic carbocycles. The van der Waals surface area contributed by atoms with Crippen LogP contribution in [0.1, 0.15) is 26.2 Å². The lowest BCUT2D eigenvalue weighted by Crippen LogP contribution is -2.19. The van der Waals surface area contributed by atoms with Gasteiger partial charge in [0.2, 0.25) is 5.78 Å². The highest BCUT2D eigenvalue weighted by molar-refractivity contribution is 6.30. The molecule has 3 aromatic heterocycles. The molecule has 0 aliphatic carbocycles. The average Bonchev–Trinajstić information content (AvgIpc) is 3.22. The van der Waals surface area contributed by atoms with Crippen molar-refractivity contribution in [2.45, 2.75) is 32.7 Å². The topological polar surface area (TPSA) is 74.3 Å². The molecule has 30 heavy (non-hydrogen) atoms. The van der Waals surface area contributed by atoms with Gasteiger partial charge in [-0.3, -0.25) is 9.20 Å². The zero-order chi connectivity index (χ0) is 21.1. The molecule has 0 spiro atoms. The van der Waals surface area contributed by atoms with Crippen molar-refractivity contribution >= 4 is 17.4 Å². The Labute approximate surface area is 179 Å². The summed E-state index contributed by atoms with van der Waals surface area (Å²) in [4.78, 5) is 26.1. The van der Waals surface area contributed by atoms with E-state index in [9.17, 15) is 4.79 Å². The van der Waals surface area contributed by atoms with Crippen molar-refractivity contribution in [2.75, 3.05) is 7.11 Å². The number of unbranched alkanes of at least 4 members (excludes halogenated alkanes) is 2. The van der Waals surface area contributed by atoms with Crippen LogP contribution in [-0.2, 0) is 6.54 Å². The number of benzene rings is 1. The van der Waals surface area contributed by atoms with Gasteiger partial charge in [0.15, 0.2) is 0 Å². The molecule has 3 heterocycles. The predicted molar refractivity (Wildman–Crippen MR) is 117 cm³/mol. The minimum atomic E-state index is -0.157. The Morgan fingerprint density at radius 2 is 1.80 bits per heavy atom. The highest BCUT2D eigenvalue weighted by Gasteiger charge is 2.15. The summed E-state index contributed by atoms with van der Waals surface area (Å²) in [7, 11) is 1.52. The molecule has 0 aliphatic heterocycles. The fourth-order valence-electron chi connectivity index (χ4n) is 3.39. The molecule has 8 heteroatoms. The summed E-state index contributed by atoms with van der Waals surface area (Å²) < 4.78 is 8.70. The summed E-state index contributed by atoms with van der Waals surface area (Å²) >= 11 is 6.01. The summed E-state index contributed by atoms with van der Waals surface area (Å²) in [6.45, 7) is 2.89. The monoisotopic (exact) mass is 423 g/mol. The van der Waals surface area contributed by atoms with E-state index in [4.69, 9.17) is 21.3 Å². The molecule has 0 fully saturated rings. The molecule has 7 nitrogen and oxygen atoms in total. The number of nitrogens with zero attached hydrogens (tertiary/aromatic N) is 5. The molecular formula is C22H22ClN5O2. The minimum Gasteiger partial charge on any atom is -0.467 e. The molecule has 154 valence electrons. The number of ether oxygens (including phenoxy) is 1. The maximum absolute atomic E-state index is 12.9. The standard InChI is InChI=1S/C22H22ClN5O2/c1-3-4-5-10-27-19(16-12-24-21(30-2)25-13-16)11-20(29)28-14-18(26-22(27)28)15-6-8-17(23)9-7-15/h6-9,11-14H,3-5,10H2,1-2H3. The number of aryl methyl sites for hydroxylation is 1. The van der Waals surface area contributed by atoms with Crippen molar-refractivity contribution in [3.63, 3.8) is 0 Å². The SMILES string of the molecule is CCCCCn1c(-c2cnc(OC)nc2)cc(=O)n2cc(-c3ccc(Cl)cc3)nc12. The molecule has 0 saturated carbocycles. The molecule has 0 N–H and O–H groups in total. The van der Waals surface area contributed by atoms with E-state index < -0.39 is 0 Å². The third-order valence-electron chi connectivity index (χ3n) is 4.95. The van der Waals surface area contributed by atoms with Crippen LogP contribution < -0.4 is 10.3 Å². The van der Waals surface area contributed by atoms with Crippen molar-refractivity contribution < 1.29 is 4.74 Å². The molecule has 0 saturated heterocycles. The maximum Gasteiger partial charge on any atom is 0.316 e. The lowest BCUT2D eigenvalue weighted by molar-refractivity contribution is 0.380. The van der Waals surface area contributed by atoms with Crippen LogP contribution in [-0.4, -0.2) is 31.0 Å². The first-order chi connectivity index (χ1) is 14.6. The third kappa shape index (κ3) is 3.93. The Morgan fingerprint density at radius 1 is 1.07 bits per heavy atom. The van der Waals surface area contributed by atoms with E-state index >= 15 is 0 Å². The Kier molecular flexibility index (Phi) is 5.81. The van der Waals surface area contributed by atoms with Gasteiger partial charge in [0.1, 0.15) is 0 Å². The lowest BCUT2D eigenvalue weighted by atomic mass is 10.2. The molecule has 0 unspecified atom stereocenters. The second-order valence-electron chi connectivity index (χ2n) is 6.99. The van der Waals surface area contributed by atoms with E-state index in [-0.39, 0.29) is 11.6 Å². The van der Waals surface area contributed by atoms with Crippen molar-refractivity contribution in [3.8, 4) is 28.5 Å². The zero-order valence-electron chi connectivity index (χ0n) is 16.9. The second kappa shape index (κ2) is 8.67. The molecule has 0 bridgehead atoms. The van der Waals surface area contributed by atoms with Gasteiger partial charge >= 0.3 is 6.01 Å². The minimum absolute atomic E-state index is 0.157. The molecule has 0 aliphatic rings. The molecule has 4 aromatic rings. The predicted octanol–water partition coefficient (Wildman–Crippen LogP) is 4.47. The lowest BCUT2D eigenvalue weighted by Gasteiger charge is -2.14. The largest absolute Gasteiger partial charge is 0.467 e. The number of imidazole rings is 1. The van der Waals surface area contributed by atoms with Gasteiger partial charge in [-0.05, 0) is 18.6 Å². The average molecular weight is 424 g/mol. The van der Waals surface area contributed by atoms with Gasteiger partial charge in [-0.2, -0.15) is 0 Å². The van der Waals surface area contributed by atoms with Gasteiger partial charge in [-0.15, -0.1) is 0 Å². The van der Waals surface area contributed by atoms with E-state index in [0.717, 1.165) is 48.3 Å². The van der Waals surface area contributed by atoms with Crippen molar-refractivity contribution in [1.29, 1.82) is 0 Å². The summed E-state index contributed by atoms with van der Waals surface area (Å²) in [6.07, 6.45) is 8.25. The summed E-state index contributed by atoms with van der Waals surface area (Å²) in [5, 5.41) is 0.656. The van der Waals surface area contributed by atoms with Crippen LogP contribution in [0.5, 0.6) is 6.01 Å². The second-order valence-corrected chi connectivity index (χ2v) is 7.42. The van der Waals surface area contributed by atoms with Crippen LogP contribution in [0.3, 0.4) is 0 Å². The van der Waals surface area contributed by atoms with Crippen LogP contribution in [0.4, 0.5) is 0 Å². The smallest absolute Gasteiger partial charge is 0.316 e. The molecule has 0 atom stereocenters. The van der Waals surface area contributed by atoms with Crippen LogP contribution in [0, 0.1) is 0 Å². The highest BCUT2D eigenvalue weighted by atomic mass is 35.5. The normalized spacial score (nSPS) is 11.2. The van der Waals surface area contributed by atoms with E-state index in [0.29, 0.717) is 10.8 Å². The molecular weight excluding hydrogens is 402 g/mol. The van der Waals surface area contributed by atoms with Crippen LogP contribution >= 0.6 is 11.6 Å². The van der Waals surface area contributed by atoms with Crippen LogP contribution in [0.25, 0.3) is 28.3 Å². The number of hydrogen-bond donors (Lipinski definition) is 0. The Hall–Kier alpha value is -3.19. The van der Waals surface area contributed by atoms with Gasteiger partial charge in [0.25, 0.3) is 5.56 Å². The van der Waals surface area contributed by atoms with E-state index in [1.807, 2.05) is 24.3 Å². The zero-order valence-corrected chi connectivity index (χ0v) is 17.6. The van der Waals surface area contributed by atoms with E-state index in [2.05, 4.69) is 21.5 Å². The fourth-order valence-corrected chi connectivity index (χ4v) is 3.51. The molecule has 4 rings (SSSR count).